The van der Waals surface area contributed by atoms with Gasteiger partial charge in [-0.25, -0.2) is 4.79 Å². The van der Waals surface area contributed by atoms with Crippen molar-refractivity contribution in [3.05, 3.63) is 77.9 Å². The topological polar surface area (TPSA) is 84.9 Å². The van der Waals surface area contributed by atoms with E-state index in [4.69, 9.17) is 9.47 Å². The number of benzene rings is 2. The molecule has 2 aromatic rings. The molecule has 0 spiro atoms. The number of fused-ring (bicyclic) bond motifs is 1. The Kier molecular flexibility index (Phi) is 9.26. The predicted octanol–water partition coefficient (Wildman–Crippen LogP) is 4.58. The largest absolute Gasteiger partial charge is 0.469 e. The molecule has 0 saturated heterocycles. The quantitative estimate of drug-likeness (QED) is 0.411. The lowest BCUT2D eigenvalue weighted by molar-refractivity contribution is -0.141. The normalized spacial score (nSPS) is 15.6. The Hall–Kier alpha value is -3.61. The van der Waals surface area contributed by atoms with Crippen LogP contribution < -0.4 is 10.2 Å². The van der Waals surface area contributed by atoms with Crippen LogP contribution in [-0.4, -0.2) is 38.2 Å². The summed E-state index contributed by atoms with van der Waals surface area (Å²) < 4.78 is 10.3. The van der Waals surface area contributed by atoms with Crippen LogP contribution in [0.25, 0.3) is 0 Å². The van der Waals surface area contributed by atoms with Crippen LogP contribution in [0.3, 0.4) is 0 Å². The standard InChI is InChI=1S/C27H32N2O5/c1-3-9-21(17-26(31)33-2)16-25(30)28-15-14-22-18-29(24-13-8-7-12-23(22)24)27(32)34-19-20-10-5-4-6-11-20/h3-13,21-22H,14-19H2,1-2H3,(H,28,30)/b9-3+. The minimum atomic E-state index is -0.375. The summed E-state index contributed by atoms with van der Waals surface area (Å²) in [4.78, 5) is 38.5. The van der Waals surface area contributed by atoms with Gasteiger partial charge in [-0.2, -0.15) is 0 Å². The summed E-state index contributed by atoms with van der Waals surface area (Å²) in [7, 11) is 1.34. The first kappa shape index (κ1) is 25.0. The van der Waals surface area contributed by atoms with Gasteiger partial charge in [-0.1, -0.05) is 60.7 Å². The first-order valence-corrected chi connectivity index (χ1v) is 11.5. The summed E-state index contributed by atoms with van der Waals surface area (Å²) in [6.45, 7) is 3.06. The lowest BCUT2D eigenvalue weighted by Gasteiger charge is -2.18. The van der Waals surface area contributed by atoms with Crippen LogP contribution >= 0.6 is 0 Å². The van der Waals surface area contributed by atoms with Crippen molar-refractivity contribution in [3.8, 4) is 0 Å². The number of ether oxygens (including phenoxy) is 2. The molecule has 1 aliphatic rings. The molecule has 0 aromatic heterocycles. The fourth-order valence-electron chi connectivity index (χ4n) is 4.19. The van der Waals surface area contributed by atoms with E-state index in [1.165, 1.54) is 7.11 Å². The van der Waals surface area contributed by atoms with E-state index in [1.807, 2.05) is 73.7 Å². The number of anilines is 1. The number of methoxy groups -OCH3 is 1. The molecule has 2 amide bonds. The van der Waals surface area contributed by atoms with Gasteiger partial charge in [0.15, 0.2) is 0 Å². The minimum Gasteiger partial charge on any atom is -0.469 e. The molecule has 1 N–H and O–H groups in total. The average Bonchev–Trinajstić information content (AvgIpc) is 3.22. The summed E-state index contributed by atoms with van der Waals surface area (Å²) in [6.07, 6.45) is 4.39. The first-order valence-electron chi connectivity index (χ1n) is 11.5. The van der Waals surface area contributed by atoms with Crippen molar-refractivity contribution in [3.63, 3.8) is 0 Å². The van der Waals surface area contributed by atoms with Crippen LogP contribution in [0.4, 0.5) is 10.5 Å². The van der Waals surface area contributed by atoms with Gasteiger partial charge in [0.05, 0.1) is 19.2 Å². The Bertz CT molecular complexity index is 1010. The van der Waals surface area contributed by atoms with Gasteiger partial charge in [-0.15, -0.1) is 0 Å². The van der Waals surface area contributed by atoms with Crippen molar-refractivity contribution >= 4 is 23.7 Å². The summed E-state index contributed by atoms with van der Waals surface area (Å²) >= 11 is 0. The number of allylic oxidation sites excluding steroid dienone is 2. The smallest absolute Gasteiger partial charge is 0.414 e. The zero-order valence-electron chi connectivity index (χ0n) is 19.7. The molecule has 0 radical (unpaired) electrons. The number of rotatable bonds is 10. The number of para-hydroxylation sites is 1. The maximum absolute atomic E-state index is 12.8. The summed E-state index contributed by atoms with van der Waals surface area (Å²) in [6, 6.07) is 17.4. The maximum Gasteiger partial charge on any atom is 0.414 e. The Balaban J connectivity index is 1.52. The Morgan fingerprint density at radius 2 is 1.82 bits per heavy atom. The zero-order valence-corrected chi connectivity index (χ0v) is 19.7. The second-order valence-corrected chi connectivity index (χ2v) is 8.32. The third-order valence-corrected chi connectivity index (χ3v) is 5.88. The van der Waals surface area contributed by atoms with Gasteiger partial charge in [0.1, 0.15) is 6.61 Å². The molecule has 0 aliphatic carbocycles. The molecular weight excluding hydrogens is 432 g/mol. The number of esters is 1. The van der Waals surface area contributed by atoms with Gasteiger partial charge >= 0.3 is 12.1 Å². The summed E-state index contributed by atoms with van der Waals surface area (Å²) in [5.41, 5.74) is 2.86. The Labute approximate surface area is 200 Å². The molecule has 2 unspecified atom stereocenters. The van der Waals surface area contributed by atoms with Crippen molar-refractivity contribution in [2.45, 2.75) is 38.7 Å². The van der Waals surface area contributed by atoms with E-state index in [0.29, 0.717) is 19.5 Å². The van der Waals surface area contributed by atoms with Gasteiger partial charge in [0.25, 0.3) is 0 Å². The number of amides is 2. The van der Waals surface area contributed by atoms with E-state index >= 15 is 0 Å². The van der Waals surface area contributed by atoms with Crippen LogP contribution in [0.2, 0.25) is 0 Å². The minimum absolute atomic E-state index is 0.0992. The van der Waals surface area contributed by atoms with Crippen LogP contribution in [-0.2, 0) is 25.7 Å². The third-order valence-electron chi connectivity index (χ3n) is 5.88. The van der Waals surface area contributed by atoms with Gasteiger partial charge in [-0.05, 0) is 36.5 Å². The van der Waals surface area contributed by atoms with E-state index in [1.54, 1.807) is 4.90 Å². The van der Waals surface area contributed by atoms with Crippen molar-refractivity contribution in [2.75, 3.05) is 25.1 Å². The summed E-state index contributed by atoms with van der Waals surface area (Å²) in [5.74, 6) is -0.545. The van der Waals surface area contributed by atoms with E-state index < -0.39 is 0 Å². The van der Waals surface area contributed by atoms with E-state index in [-0.39, 0.29) is 49.3 Å². The van der Waals surface area contributed by atoms with Gasteiger partial charge in [-0.3, -0.25) is 14.5 Å². The van der Waals surface area contributed by atoms with Crippen molar-refractivity contribution in [2.24, 2.45) is 5.92 Å². The molecule has 0 fully saturated rings. The van der Waals surface area contributed by atoms with E-state index in [0.717, 1.165) is 16.8 Å². The first-order chi connectivity index (χ1) is 16.5. The summed E-state index contributed by atoms with van der Waals surface area (Å²) in [5, 5.41) is 2.95. The van der Waals surface area contributed by atoms with Gasteiger partial charge in [0, 0.05) is 25.4 Å². The lowest BCUT2D eigenvalue weighted by atomic mass is 9.97. The number of nitrogens with zero attached hydrogens (tertiary/aromatic N) is 1. The van der Waals surface area contributed by atoms with Crippen LogP contribution in [0.15, 0.2) is 66.7 Å². The number of hydrogen-bond acceptors (Lipinski definition) is 5. The fourth-order valence-corrected chi connectivity index (χ4v) is 4.19. The number of nitrogens with one attached hydrogen (secondary N) is 1. The number of hydrogen-bond donors (Lipinski definition) is 1. The highest BCUT2D eigenvalue weighted by Crippen LogP contribution is 2.38. The van der Waals surface area contributed by atoms with Crippen LogP contribution in [0.5, 0.6) is 0 Å². The Morgan fingerprint density at radius 3 is 2.56 bits per heavy atom. The zero-order chi connectivity index (χ0) is 24.3. The number of carbonyl (C=O) groups excluding carboxylic acids is 3. The molecule has 1 heterocycles. The highest BCUT2D eigenvalue weighted by atomic mass is 16.6. The maximum atomic E-state index is 12.8. The molecule has 0 bridgehead atoms. The molecule has 2 atom stereocenters. The van der Waals surface area contributed by atoms with Crippen molar-refractivity contribution < 1.29 is 23.9 Å². The van der Waals surface area contributed by atoms with Crippen LogP contribution in [0.1, 0.15) is 43.2 Å². The average molecular weight is 465 g/mol. The van der Waals surface area contributed by atoms with Crippen molar-refractivity contribution in [1.29, 1.82) is 0 Å². The molecule has 0 saturated carbocycles. The monoisotopic (exact) mass is 464 g/mol. The van der Waals surface area contributed by atoms with E-state index in [9.17, 15) is 14.4 Å². The molecule has 1 aliphatic heterocycles. The third kappa shape index (κ3) is 6.94. The molecule has 7 nitrogen and oxygen atoms in total. The molecule has 34 heavy (non-hydrogen) atoms. The molecular formula is C27H32N2O5. The lowest BCUT2D eigenvalue weighted by Crippen LogP contribution is -2.31. The van der Waals surface area contributed by atoms with Crippen LogP contribution in [0, 0.1) is 5.92 Å². The molecule has 3 rings (SSSR count). The SMILES string of the molecule is C/C=C/C(CC(=O)NCCC1CN(C(=O)OCc2ccccc2)c2ccccc21)CC(=O)OC. The predicted molar refractivity (Wildman–Crippen MR) is 130 cm³/mol. The second-order valence-electron chi connectivity index (χ2n) is 8.32. The molecule has 7 heteroatoms. The van der Waals surface area contributed by atoms with Crippen molar-refractivity contribution in [1.82, 2.24) is 5.32 Å². The van der Waals surface area contributed by atoms with Gasteiger partial charge in [0.2, 0.25) is 5.91 Å². The highest BCUT2D eigenvalue weighted by molar-refractivity contribution is 5.90. The molecule has 2 aromatic carbocycles. The highest BCUT2D eigenvalue weighted by Gasteiger charge is 2.32. The second kappa shape index (κ2) is 12.6. The molecule has 180 valence electrons. The number of carbonyl (C=O) groups is 3. The fraction of sp³-hybridized carbons (Fsp3) is 0.370. The van der Waals surface area contributed by atoms with E-state index in [2.05, 4.69) is 5.32 Å². The van der Waals surface area contributed by atoms with Gasteiger partial charge < -0.3 is 14.8 Å². The Morgan fingerprint density at radius 1 is 1.09 bits per heavy atom.